The van der Waals surface area contributed by atoms with Gasteiger partial charge in [-0.05, 0) is 25.9 Å². The lowest BCUT2D eigenvalue weighted by molar-refractivity contribution is -0.236. The van der Waals surface area contributed by atoms with Crippen LogP contribution < -0.4 is 10.6 Å². The minimum Gasteiger partial charge on any atom is -0.394 e. The van der Waals surface area contributed by atoms with E-state index in [1.165, 1.54) is 0 Å². The van der Waals surface area contributed by atoms with Crippen molar-refractivity contribution in [1.29, 1.82) is 0 Å². The summed E-state index contributed by atoms with van der Waals surface area (Å²) in [5.41, 5.74) is 0. The number of likely N-dealkylation sites (N-methyl/N-ethyl adjacent to an activating group) is 1. The predicted molar refractivity (Wildman–Crippen MR) is 92.9 cm³/mol. The van der Waals surface area contributed by atoms with Crippen LogP contribution in [0.1, 0.15) is 40.0 Å². The second-order valence-electron chi connectivity index (χ2n) is 6.87. The molecule has 0 aromatic heterocycles. The van der Waals surface area contributed by atoms with Gasteiger partial charge in [-0.15, -0.1) is 0 Å². The number of hydrogen-bond donors (Lipinski definition) is 6. The molecule has 1 saturated heterocycles. The topological polar surface area (TPSA) is 131 Å². The Morgan fingerprint density at radius 1 is 1.12 bits per heavy atom. The predicted octanol–water partition coefficient (Wildman–Crippen LogP) is -1.25. The summed E-state index contributed by atoms with van der Waals surface area (Å²) in [4.78, 5) is 12.1. The molecule has 0 spiro atoms. The lowest BCUT2D eigenvalue weighted by atomic mass is 9.97. The highest BCUT2D eigenvalue weighted by molar-refractivity contribution is 5.85. The van der Waals surface area contributed by atoms with Gasteiger partial charge >= 0.3 is 0 Å². The van der Waals surface area contributed by atoms with Crippen LogP contribution in [0.3, 0.4) is 0 Å². The molecule has 0 aromatic carbocycles. The molecule has 0 radical (unpaired) electrons. The van der Waals surface area contributed by atoms with Crippen LogP contribution in [0, 0.1) is 5.92 Å². The molecule has 0 amide bonds. The highest BCUT2D eigenvalue weighted by Gasteiger charge is 2.43. The first-order chi connectivity index (χ1) is 11.8. The minimum atomic E-state index is -1.37. The van der Waals surface area contributed by atoms with E-state index in [2.05, 4.69) is 10.6 Å². The number of Topliss-reactive ketones (excluding diaryl/α,β-unsaturated/α-hetero) is 1. The van der Waals surface area contributed by atoms with Gasteiger partial charge in [0.2, 0.25) is 0 Å². The zero-order chi connectivity index (χ0) is 19.0. The summed E-state index contributed by atoms with van der Waals surface area (Å²) in [5.74, 6) is 0.208. The smallest absolute Gasteiger partial charge is 0.152 e. The van der Waals surface area contributed by atoms with Crippen molar-refractivity contribution < 1.29 is 30.0 Å². The lowest BCUT2D eigenvalue weighted by Crippen LogP contribution is -2.62. The SMILES string of the molecule is CCN[C@@H](CCCCNC1OC(CO)C(O)C(O)C1O)C(=O)C(C)C. The van der Waals surface area contributed by atoms with Crippen LogP contribution in [0.2, 0.25) is 0 Å². The number of ketones is 1. The molecular formula is C17H34N2O6. The van der Waals surface area contributed by atoms with E-state index in [9.17, 15) is 20.1 Å². The van der Waals surface area contributed by atoms with Crippen molar-refractivity contribution in [3.8, 4) is 0 Å². The Morgan fingerprint density at radius 3 is 2.36 bits per heavy atom. The summed E-state index contributed by atoms with van der Waals surface area (Å²) in [6.07, 6.45) is -3.42. The van der Waals surface area contributed by atoms with Crippen molar-refractivity contribution in [1.82, 2.24) is 10.6 Å². The molecule has 6 atom stereocenters. The van der Waals surface area contributed by atoms with Crippen LogP contribution in [0.25, 0.3) is 0 Å². The Morgan fingerprint density at radius 2 is 1.80 bits per heavy atom. The van der Waals surface area contributed by atoms with Gasteiger partial charge in [-0.25, -0.2) is 0 Å². The third-order valence-electron chi connectivity index (χ3n) is 4.52. The quantitative estimate of drug-likeness (QED) is 0.251. The van der Waals surface area contributed by atoms with Gasteiger partial charge < -0.3 is 30.5 Å². The average Bonchev–Trinajstić information content (AvgIpc) is 2.59. The molecule has 1 aliphatic heterocycles. The molecule has 148 valence electrons. The molecule has 1 aliphatic rings. The highest BCUT2D eigenvalue weighted by atomic mass is 16.6. The molecule has 0 aromatic rings. The summed E-state index contributed by atoms with van der Waals surface area (Å²) in [6, 6.07) is -0.141. The molecular weight excluding hydrogens is 328 g/mol. The zero-order valence-corrected chi connectivity index (χ0v) is 15.4. The summed E-state index contributed by atoms with van der Waals surface area (Å²) < 4.78 is 5.38. The van der Waals surface area contributed by atoms with Gasteiger partial charge in [0.1, 0.15) is 30.6 Å². The van der Waals surface area contributed by atoms with Crippen LogP contribution in [-0.4, -0.2) is 82.6 Å². The average molecular weight is 362 g/mol. The summed E-state index contributed by atoms with van der Waals surface area (Å²) in [5, 5.41) is 44.8. The van der Waals surface area contributed by atoms with E-state index in [0.717, 1.165) is 25.8 Å². The number of nitrogens with one attached hydrogen (secondary N) is 2. The first-order valence-electron chi connectivity index (χ1n) is 9.14. The zero-order valence-electron chi connectivity index (χ0n) is 15.4. The Labute approximate surface area is 149 Å². The third-order valence-corrected chi connectivity index (χ3v) is 4.52. The van der Waals surface area contributed by atoms with Gasteiger partial charge in [0.25, 0.3) is 0 Å². The van der Waals surface area contributed by atoms with Gasteiger partial charge in [-0.2, -0.15) is 0 Å². The Hall–Kier alpha value is -0.610. The molecule has 6 N–H and O–H groups in total. The normalized spacial score (nSPS) is 31.3. The number of unbranched alkanes of at least 4 members (excludes halogenated alkanes) is 1. The minimum absolute atomic E-state index is 0.00343. The molecule has 0 aliphatic carbocycles. The number of carbonyl (C=O) groups is 1. The van der Waals surface area contributed by atoms with Crippen LogP contribution in [-0.2, 0) is 9.53 Å². The maximum absolute atomic E-state index is 12.1. The van der Waals surface area contributed by atoms with Gasteiger partial charge in [-0.1, -0.05) is 27.2 Å². The monoisotopic (exact) mass is 362 g/mol. The van der Waals surface area contributed by atoms with E-state index in [-0.39, 0.29) is 17.7 Å². The van der Waals surface area contributed by atoms with E-state index >= 15 is 0 Å². The first-order valence-corrected chi connectivity index (χ1v) is 9.14. The molecule has 1 heterocycles. The van der Waals surface area contributed by atoms with E-state index < -0.39 is 37.3 Å². The molecule has 25 heavy (non-hydrogen) atoms. The van der Waals surface area contributed by atoms with Gasteiger partial charge in [0.15, 0.2) is 5.78 Å². The fourth-order valence-corrected chi connectivity index (χ4v) is 2.98. The van der Waals surface area contributed by atoms with Crippen LogP contribution >= 0.6 is 0 Å². The number of ether oxygens (including phenoxy) is 1. The largest absolute Gasteiger partial charge is 0.394 e. The summed E-state index contributed by atoms with van der Waals surface area (Å²) in [7, 11) is 0. The molecule has 8 heteroatoms. The van der Waals surface area contributed by atoms with Gasteiger partial charge in [-0.3, -0.25) is 10.1 Å². The second-order valence-corrected chi connectivity index (χ2v) is 6.87. The Kier molecular flexibility index (Phi) is 10.0. The Balaban J connectivity index is 2.35. The van der Waals surface area contributed by atoms with Crippen LogP contribution in [0.15, 0.2) is 0 Å². The molecule has 0 saturated carbocycles. The van der Waals surface area contributed by atoms with E-state index in [1.54, 1.807) is 0 Å². The van der Waals surface area contributed by atoms with Crippen molar-refractivity contribution in [2.24, 2.45) is 5.92 Å². The molecule has 1 rings (SSSR count). The third kappa shape index (κ3) is 6.56. The maximum atomic E-state index is 12.1. The highest BCUT2D eigenvalue weighted by Crippen LogP contribution is 2.19. The van der Waals surface area contributed by atoms with Crippen molar-refractivity contribution in [2.45, 2.75) is 76.7 Å². The molecule has 1 fully saturated rings. The van der Waals surface area contributed by atoms with Crippen molar-refractivity contribution in [3.63, 3.8) is 0 Å². The second kappa shape index (κ2) is 11.2. The number of rotatable bonds is 11. The number of aliphatic hydroxyl groups excluding tert-OH is 4. The lowest BCUT2D eigenvalue weighted by Gasteiger charge is -2.40. The molecule has 0 bridgehead atoms. The Bertz CT molecular complexity index is 393. The fraction of sp³-hybridized carbons (Fsp3) is 0.941. The fourth-order valence-electron chi connectivity index (χ4n) is 2.98. The van der Waals surface area contributed by atoms with Crippen molar-refractivity contribution in [2.75, 3.05) is 19.7 Å². The standard InChI is InChI=1S/C17H34N2O6/c1-4-18-11(13(21)10(2)3)7-5-6-8-19-17-16(24)15(23)14(22)12(9-20)25-17/h10-12,14-20,22-24H,4-9H2,1-3H3/t11-,12?,14?,15?,16?,17?/m0/s1. The van der Waals surface area contributed by atoms with Gasteiger partial charge in [0, 0.05) is 5.92 Å². The van der Waals surface area contributed by atoms with Crippen LogP contribution in [0.4, 0.5) is 0 Å². The van der Waals surface area contributed by atoms with Crippen molar-refractivity contribution >= 4 is 5.78 Å². The summed E-state index contributed by atoms with van der Waals surface area (Å²) in [6.45, 7) is 6.59. The van der Waals surface area contributed by atoms with E-state index in [1.807, 2.05) is 20.8 Å². The summed E-state index contributed by atoms with van der Waals surface area (Å²) >= 11 is 0. The maximum Gasteiger partial charge on any atom is 0.152 e. The number of aliphatic hydroxyl groups is 4. The van der Waals surface area contributed by atoms with Crippen molar-refractivity contribution in [3.05, 3.63) is 0 Å². The van der Waals surface area contributed by atoms with Crippen LogP contribution in [0.5, 0.6) is 0 Å². The molecule has 8 nitrogen and oxygen atoms in total. The molecule has 5 unspecified atom stereocenters. The van der Waals surface area contributed by atoms with Gasteiger partial charge in [0.05, 0.1) is 12.6 Å². The van der Waals surface area contributed by atoms with E-state index in [0.29, 0.717) is 6.54 Å². The first kappa shape index (κ1) is 22.4. The number of hydrogen-bond acceptors (Lipinski definition) is 8. The number of carbonyl (C=O) groups excluding carboxylic acids is 1. The van der Waals surface area contributed by atoms with E-state index in [4.69, 9.17) is 9.84 Å².